The Bertz CT molecular complexity index is 358. The van der Waals surface area contributed by atoms with Gasteiger partial charge in [0.15, 0.2) is 0 Å². The molecule has 0 aliphatic carbocycles. The Morgan fingerprint density at radius 3 is 2.57 bits per heavy atom. The van der Waals surface area contributed by atoms with Crippen molar-refractivity contribution in [3.63, 3.8) is 0 Å². The zero-order valence-electron chi connectivity index (χ0n) is 8.23. The summed E-state index contributed by atoms with van der Waals surface area (Å²) < 4.78 is 21.0. The fourth-order valence-electron chi connectivity index (χ4n) is 1.07. The van der Waals surface area contributed by atoms with Gasteiger partial charge in [0.05, 0.1) is 12.7 Å². The molecule has 0 aromatic heterocycles. The lowest BCUT2D eigenvalue weighted by Crippen LogP contribution is -2.17. The lowest BCUT2D eigenvalue weighted by Gasteiger charge is -2.20. The molecule has 0 bridgehead atoms. The third-order valence-corrected chi connectivity index (χ3v) is 3.57. The van der Waals surface area contributed by atoms with Crippen LogP contribution >= 0.6 is 7.52 Å². The average Bonchev–Trinajstić information content (AvgIpc) is 2.17. The van der Waals surface area contributed by atoms with Crippen LogP contribution in [0.3, 0.4) is 0 Å². The highest BCUT2D eigenvalue weighted by molar-refractivity contribution is 7.60. The number of hydrogen-bond donors (Lipinski definition) is 1. The first-order valence-electron chi connectivity index (χ1n) is 3.94. The molecule has 0 fully saturated rings. The highest BCUT2D eigenvalue weighted by Crippen LogP contribution is 2.47. The van der Waals surface area contributed by atoms with Gasteiger partial charge in [0.1, 0.15) is 0 Å². The molecule has 0 aromatic rings. The van der Waals surface area contributed by atoms with E-state index in [4.69, 9.17) is 4.52 Å². The Labute approximate surface area is 82.3 Å². The lowest BCUT2D eigenvalue weighted by atomic mass is 10.2. The van der Waals surface area contributed by atoms with Crippen LogP contribution in [0.2, 0.25) is 0 Å². The molecule has 1 rings (SSSR count). The second-order valence-electron chi connectivity index (χ2n) is 2.74. The maximum absolute atomic E-state index is 11.7. The van der Waals surface area contributed by atoms with Crippen LogP contribution in [0, 0.1) is 0 Å². The summed E-state index contributed by atoms with van der Waals surface area (Å²) in [5.41, 5.74) is 0.848. The van der Waals surface area contributed by atoms with E-state index in [1.807, 2.05) is 0 Å². The maximum atomic E-state index is 11.7. The number of allylic oxidation sites excluding steroid dienone is 1. The molecule has 14 heavy (non-hydrogen) atoms. The minimum atomic E-state index is -2.93. The van der Waals surface area contributed by atoms with Crippen LogP contribution in [0.15, 0.2) is 23.2 Å². The second-order valence-corrected chi connectivity index (χ2v) is 4.82. The minimum Gasteiger partial charge on any atom is -0.465 e. The summed E-state index contributed by atoms with van der Waals surface area (Å²) in [6.45, 7) is 1.64. The number of esters is 1. The summed E-state index contributed by atoms with van der Waals surface area (Å²) in [6.07, 6.45) is 1.45. The van der Waals surface area contributed by atoms with Crippen molar-refractivity contribution in [2.24, 2.45) is 0 Å². The summed E-state index contributed by atoms with van der Waals surface area (Å²) in [7, 11) is -0.300. The largest absolute Gasteiger partial charge is 0.465 e. The van der Waals surface area contributed by atoms with E-state index in [-0.39, 0.29) is 0 Å². The predicted octanol–water partition coefficient (Wildman–Crippen LogP) is 1.39. The number of carbonyl (C=O) groups is 1. The van der Waals surface area contributed by atoms with E-state index in [0.717, 1.165) is 0 Å². The Balaban J connectivity index is 2.96. The van der Waals surface area contributed by atoms with Gasteiger partial charge in [-0.05, 0) is 13.0 Å². The molecule has 1 atom stereocenters. The van der Waals surface area contributed by atoms with Gasteiger partial charge in [0, 0.05) is 18.6 Å². The van der Waals surface area contributed by atoms with E-state index in [0.29, 0.717) is 11.3 Å². The van der Waals surface area contributed by atoms with Gasteiger partial charge in [-0.1, -0.05) is 0 Å². The van der Waals surface area contributed by atoms with E-state index in [1.54, 1.807) is 6.92 Å². The van der Waals surface area contributed by atoms with Crippen LogP contribution in [-0.2, 0) is 18.6 Å². The molecule has 0 amide bonds. The molecule has 0 radical (unpaired) electrons. The summed E-state index contributed by atoms with van der Waals surface area (Å²) in [5.74, 6) is 0.875. The number of hydrogen-bond acceptors (Lipinski definition) is 4. The third kappa shape index (κ3) is 2.05. The normalized spacial score (nSPS) is 25.9. The molecule has 1 unspecified atom stereocenters. The molecule has 0 aromatic carbocycles. The first kappa shape index (κ1) is 11.0. The van der Waals surface area contributed by atoms with Gasteiger partial charge in [0.25, 0.3) is 0 Å². The fraction of sp³-hybridized carbons (Fsp3) is 0.375. The van der Waals surface area contributed by atoms with Crippen molar-refractivity contribution in [3.8, 4) is 0 Å². The number of methoxy groups -OCH3 is 1. The lowest BCUT2D eigenvalue weighted by molar-refractivity contribution is -0.135. The predicted molar refractivity (Wildman–Crippen MR) is 51.6 cm³/mol. The number of ether oxygens (including phenoxy) is 1. The quantitative estimate of drug-likeness (QED) is 0.559. The summed E-state index contributed by atoms with van der Waals surface area (Å²) in [5, 5.41) is 2.63. The van der Waals surface area contributed by atoms with Crippen LogP contribution in [-0.4, -0.2) is 20.2 Å². The van der Waals surface area contributed by atoms with Crippen molar-refractivity contribution in [3.05, 3.63) is 23.2 Å². The highest BCUT2D eigenvalue weighted by atomic mass is 31.2. The average molecular weight is 217 g/mol. The van der Waals surface area contributed by atoms with Gasteiger partial charge in [-0.2, -0.15) is 0 Å². The molecule has 1 aliphatic heterocycles. The van der Waals surface area contributed by atoms with Gasteiger partial charge >= 0.3 is 13.5 Å². The van der Waals surface area contributed by atoms with Crippen LogP contribution in [0.4, 0.5) is 0 Å². The van der Waals surface area contributed by atoms with Crippen LogP contribution < -0.4 is 5.09 Å². The summed E-state index contributed by atoms with van der Waals surface area (Å²) >= 11 is 0. The van der Waals surface area contributed by atoms with Gasteiger partial charge in [-0.25, -0.2) is 4.79 Å². The van der Waals surface area contributed by atoms with Crippen molar-refractivity contribution >= 4 is 13.5 Å². The molecular weight excluding hydrogens is 205 g/mol. The van der Waals surface area contributed by atoms with E-state index < -0.39 is 13.5 Å². The van der Waals surface area contributed by atoms with E-state index in [1.165, 1.54) is 26.1 Å². The molecule has 5 nitrogen and oxygen atoms in total. The van der Waals surface area contributed by atoms with Crippen molar-refractivity contribution in [2.75, 3.05) is 14.2 Å². The van der Waals surface area contributed by atoms with Gasteiger partial charge < -0.3 is 14.3 Å². The third-order valence-electron chi connectivity index (χ3n) is 1.84. The zero-order valence-corrected chi connectivity index (χ0v) is 9.13. The van der Waals surface area contributed by atoms with Crippen LogP contribution in [0.1, 0.15) is 6.92 Å². The number of carbonyl (C=O) groups excluding carboxylic acids is 1. The molecule has 78 valence electrons. The van der Waals surface area contributed by atoms with E-state index in [9.17, 15) is 9.36 Å². The molecule has 0 spiro atoms. The molecule has 0 saturated heterocycles. The summed E-state index contributed by atoms with van der Waals surface area (Å²) in [4.78, 5) is 11.2. The SMILES string of the molecule is COC(=O)C1=C(C)NP(=O)(OC)C=C1. The Morgan fingerprint density at radius 1 is 1.50 bits per heavy atom. The Kier molecular flexibility index (Phi) is 3.13. The molecule has 1 aliphatic rings. The Hall–Kier alpha value is -1.06. The van der Waals surface area contributed by atoms with Crippen molar-refractivity contribution in [1.29, 1.82) is 0 Å². The minimum absolute atomic E-state index is 0.357. The number of rotatable bonds is 2. The smallest absolute Gasteiger partial charge is 0.339 e. The van der Waals surface area contributed by atoms with Crippen molar-refractivity contribution in [2.45, 2.75) is 6.92 Å². The van der Waals surface area contributed by atoms with Crippen molar-refractivity contribution in [1.82, 2.24) is 5.09 Å². The summed E-state index contributed by atoms with van der Waals surface area (Å²) in [6, 6.07) is 0. The van der Waals surface area contributed by atoms with E-state index in [2.05, 4.69) is 9.82 Å². The van der Waals surface area contributed by atoms with Gasteiger partial charge in [0.2, 0.25) is 0 Å². The first-order valence-corrected chi connectivity index (χ1v) is 5.64. The van der Waals surface area contributed by atoms with E-state index >= 15 is 0 Å². The zero-order chi connectivity index (χ0) is 10.8. The second kappa shape index (κ2) is 3.98. The monoisotopic (exact) mass is 217 g/mol. The first-order chi connectivity index (χ1) is 6.52. The molecule has 1 N–H and O–H groups in total. The number of nitrogens with one attached hydrogen (secondary N) is 1. The molecule has 6 heteroatoms. The molecule has 1 heterocycles. The highest BCUT2D eigenvalue weighted by Gasteiger charge is 2.25. The van der Waals surface area contributed by atoms with Gasteiger partial charge in [-0.15, -0.1) is 0 Å². The van der Waals surface area contributed by atoms with Gasteiger partial charge in [-0.3, -0.25) is 4.57 Å². The maximum Gasteiger partial charge on any atom is 0.339 e. The van der Waals surface area contributed by atoms with Crippen LogP contribution in [0.5, 0.6) is 0 Å². The van der Waals surface area contributed by atoms with Crippen molar-refractivity contribution < 1.29 is 18.6 Å². The standard InChI is InChI=1S/C8H12NO4P/c1-6-7(8(10)12-2)4-5-14(11,9-6)13-3/h4-5H,1-3H3,(H,9,11). The fourth-order valence-corrected chi connectivity index (χ4v) is 2.29. The topological polar surface area (TPSA) is 64.6 Å². The molecular formula is C8H12NO4P. The molecule has 0 saturated carbocycles. The van der Waals surface area contributed by atoms with Crippen LogP contribution in [0.25, 0.3) is 0 Å². The Morgan fingerprint density at radius 2 is 2.14 bits per heavy atom.